The predicted octanol–water partition coefficient (Wildman–Crippen LogP) is 4.06. The van der Waals surface area contributed by atoms with Gasteiger partial charge in [0.25, 0.3) is 0 Å². The van der Waals surface area contributed by atoms with E-state index in [1.54, 1.807) is 14.2 Å². The number of methoxy groups -OCH3 is 2. The Morgan fingerprint density at radius 3 is 2.68 bits per heavy atom. The number of halogens is 1. The minimum absolute atomic E-state index is 0.536. The molecule has 0 aliphatic heterocycles. The van der Waals surface area contributed by atoms with Gasteiger partial charge in [0, 0.05) is 17.8 Å². The lowest BCUT2D eigenvalue weighted by atomic mass is 10.1. The molecule has 2 aromatic carbocycles. The molecule has 0 saturated carbocycles. The average molecular weight is 359 g/mol. The van der Waals surface area contributed by atoms with Gasteiger partial charge >= 0.3 is 0 Å². The second-order valence-corrected chi connectivity index (χ2v) is 5.83. The molecule has 0 amide bonds. The summed E-state index contributed by atoms with van der Waals surface area (Å²) < 4.78 is 10.6. The first kappa shape index (κ1) is 17.1. The Kier molecular flexibility index (Phi) is 5.09. The summed E-state index contributed by atoms with van der Waals surface area (Å²) in [6.07, 6.45) is 0. The molecule has 0 saturated heterocycles. The number of nitrogens with one attached hydrogen (secondary N) is 2. The molecule has 6 nitrogen and oxygen atoms in total. The SMILES string of the molecule is COc1ccc(CNc2cccc(-c3n[nH]c(C)n3)c2)c(Cl)c1OC. The minimum atomic E-state index is 0.536. The van der Waals surface area contributed by atoms with Crippen molar-refractivity contribution in [2.75, 3.05) is 19.5 Å². The van der Waals surface area contributed by atoms with Gasteiger partial charge in [-0.3, -0.25) is 5.10 Å². The zero-order valence-electron chi connectivity index (χ0n) is 14.3. The van der Waals surface area contributed by atoms with Crippen molar-refractivity contribution < 1.29 is 9.47 Å². The van der Waals surface area contributed by atoms with E-state index in [4.69, 9.17) is 21.1 Å². The zero-order chi connectivity index (χ0) is 17.8. The molecule has 0 aliphatic carbocycles. The smallest absolute Gasteiger partial charge is 0.181 e. The monoisotopic (exact) mass is 358 g/mol. The molecule has 130 valence electrons. The van der Waals surface area contributed by atoms with Crippen molar-refractivity contribution in [3.8, 4) is 22.9 Å². The molecule has 1 heterocycles. The van der Waals surface area contributed by atoms with Crippen LogP contribution in [0.4, 0.5) is 5.69 Å². The van der Waals surface area contributed by atoms with Crippen molar-refractivity contribution in [3.05, 3.63) is 52.8 Å². The number of hydrogen-bond donors (Lipinski definition) is 2. The van der Waals surface area contributed by atoms with Gasteiger partial charge in [-0.1, -0.05) is 29.8 Å². The number of H-pyrrole nitrogens is 1. The van der Waals surface area contributed by atoms with Gasteiger partial charge in [0.05, 0.1) is 19.2 Å². The van der Waals surface area contributed by atoms with Crippen LogP contribution in [-0.2, 0) is 6.54 Å². The van der Waals surface area contributed by atoms with E-state index < -0.39 is 0 Å². The fourth-order valence-corrected chi connectivity index (χ4v) is 2.80. The van der Waals surface area contributed by atoms with E-state index >= 15 is 0 Å². The van der Waals surface area contributed by atoms with Crippen LogP contribution in [0.15, 0.2) is 36.4 Å². The highest BCUT2D eigenvalue weighted by Crippen LogP contribution is 2.37. The number of nitrogens with zero attached hydrogens (tertiary/aromatic N) is 2. The van der Waals surface area contributed by atoms with Gasteiger partial charge in [0.2, 0.25) is 0 Å². The number of benzene rings is 2. The summed E-state index contributed by atoms with van der Waals surface area (Å²) in [5.41, 5.74) is 2.80. The maximum absolute atomic E-state index is 6.42. The number of anilines is 1. The lowest BCUT2D eigenvalue weighted by molar-refractivity contribution is 0.355. The van der Waals surface area contributed by atoms with Crippen molar-refractivity contribution in [3.63, 3.8) is 0 Å². The first-order chi connectivity index (χ1) is 12.1. The van der Waals surface area contributed by atoms with E-state index in [0.717, 1.165) is 22.6 Å². The quantitative estimate of drug-likeness (QED) is 0.695. The summed E-state index contributed by atoms with van der Waals surface area (Å²) in [6, 6.07) is 11.7. The lowest BCUT2D eigenvalue weighted by Crippen LogP contribution is -2.02. The number of ether oxygens (including phenoxy) is 2. The van der Waals surface area contributed by atoms with Crippen LogP contribution in [-0.4, -0.2) is 29.4 Å². The molecule has 0 unspecified atom stereocenters. The van der Waals surface area contributed by atoms with Gasteiger partial charge in [0.1, 0.15) is 5.82 Å². The summed E-state index contributed by atoms with van der Waals surface area (Å²) in [6.45, 7) is 2.42. The van der Waals surface area contributed by atoms with E-state index in [-0.39, 0.29) is 0 Å². The third-order valence-corrected chi connectivity index (χ3v) is 4.18. The molecular weight excluding hydrogens is 340 g/mol. The van der Waals surface area contributed by atoms with Crippen LogP contribution in [0.25, 0.3) is 11.4 Å². The molecule has 0 bridgehead atoms. The van der Waals surface area contributed by atoms with Gasteiger partial charge < -0.3 is 14.8 Å². The van der Waals surface area contributed by atoms with Crippen LogP contribution in [0.2, 0.25) is 5.02 Å². The van der Waals surface area contributed by atoms with Crippen LogP contribution in [0, 0.1) is 6.92 Å². The molecule has 1 aromatic heterocycles. The highest BCUT2D eigenvalue weighted by molar-refractivity contribution is 6.33. The Labute approximate surface area is 151 Å². The summed E-state index contributed by atoms with van der Waals surface area (Å²) in [4.78, 5) is 4.35. The Morgan fingerprint density at radius 2 is 2.00 bits per heavy atom. The summed E-state index contributed by atoms with van der Waals surface area (Å²) in [7, 11) is 3.16. The van der Waals surface area contributed by atoms with E-state index in [0.29, 0.717) is 28.9 Å². The van der Waals surface area contributed by atoms with Crippen LogP contribution in [0.1, 0.15) is 11.4 Å². The Hall–Kier alpha value is -2.73. The van der Waals surface area contributed by atoms with Gasteiger partial charge in [-0.25, -0.2) is 4.98 Å². The summed E-state index contributed by atoms with van der Waals surface area (Å²) in [5.74, 6) is 2.60. The minimum Gasteiger partial charge on any atom is -0.493 e. The van der Waals surface area contributed by atoms with Crippen molar-refractivity contribution in [1.29, 1.82) is 0 Å². The van der Waals surface area contributed by atoms with Crippen molar-refractivity contribution in [2.45, 2.75) is 13.5 Å². The average Bonchev–Trinajstić information content (AvgIpc) is 3.07. The van der Waals surface area contributed by atoms with Gasteiger partial charge in [0.15, 0.2) is 17.3 Å². The van der Waals surface area contributed by atoms with Crippen LogP contribution < -0.4 is 14.8 Å². The molecule has 7 heteroatoms. The van der Waals surface area contributed by atoms with Crippen LogP contribution >= 0.6 is 11.6 Å². The fourth-order valence-electron chi connectivity index (χ4n) is 2.50. The standard InChI is InChI=1S/C18H19ClN4O2/c1-11-21-18(23-22-11)12-5-4-6-14(9-12)20-10-13-7-8-15(24-2)17(25-3)16(13)19/h4-9,20H,10H2,1-3H3,(H,21,22,23). The van der Waals surface area contributed by atoms with Gasteiger partial charge in [-0.2, -0.15) is 5.10 Å². The molecule has 25 heavy (non-hydrogen) atoms. The second kappa shape index (κ2) is 7.44. The fraction of sp³-hybridized carbons (Fsp3) is 0.222. The molecule has 0 fully saturated rings. The van der Waals surface area contributed by atoms with Gasteiger partial charge in [-0.15, -0.1) is 0 Å². The van der Waals surface area contributed by atoms with E-state index in [1.807, 2.05) is 43.3 Å². The molecule has 0 spiro atoms. The number of aryl methyl sites for hydroxylation is 1. The maximum atomic E-state index is 6.42. The largest absolute Gasteiger partial charge is 0.493 e. The number of hydrogen-bond acceptors (Lipinski definition) is 5. The van der Waals surface area contributed by atoms with Crippen molar-refractivity contribution >= 4 is 17.3 Å². The lowest BCUT2D eigenvalue weighted by Gasteiger charge is -2.14. The molecule has 0 aliphatic rings. The molecule has 0 atom stereocenters. The van der Waals surface area contributed by atoms with Crippen LogP contribution in [0.5, 0.6) is 11.5 Å². The first-order valence-corrected chi connectivity index (χ1v) is 8.13. The molecule has 0 radical (unpaired) electrons. The number of aromatic amines is 1. The van der Waals surface area contributed by atoms with Crippen LogP contribution in [0.3, 0.4) is 0 Å². The zero-order valence-corrected chi connectivity index (χ0v) is 15.0. The van der Waals surface area contributed by atoms with E-state index in [1.165, 1.54) is 0 Å². The van der Waals surface area contributed by atoms with Gasteiger partial charge in [-0.05, 0) is 30.7 Å². The summed E-state index contributed by atoms with van der Waals surface area (Å²) >= 11 is 6.42. The molecule has 2 N–H and O–H groups in total. The first-order valence-electron chi connectivity index (χ1n) is 7.75. The van der Waals surface area contributed by atoms with Crippen molar-refractivity contribution in [2.24, 2.45) is 0 Å². The van der Waals surface area contributed by atoms with E-state index in [9.17, 15) is 0 Å². The Balaban J connectivity index is 1.78. The topological polar surface area (TPSA) is 72.1 Å². The predicted molar refractivity (Wildman–Crippen MR) is 98.4 cm³/mol. The molecule has 3 rings (SSSR count). The third kappa shape index (κ3) is 3.69. The normalized spacial score (nSPS) is 10.6. The second-order valence-electron chi connectivity index (χ2n) is 5.45. The number of rotatable bonds is 6. The highest BCUT2D eigenvalue weighted by Gasteiger charge is 2.13. The Morgan fingerprint density at radius 1 is 1.16 bits per heavy atom. The Bertz CT molecular complexity index is 879. The highest BCUT2D eigenvalue weighted by atomic mass is 35.5. The van der Waals surface area contributed by atoms with Crippen molar-refractivity contribution in [1.82, 2.24) is 15.2 Å². The third-order valence-electron chi connectivity index (χ3n) is 3.77. The molecule has 3 aromatic rings. The van der Waals surface area contributed by atoms with E-state index in [2.05, 4.69) is 20.5 Å². The summed E-state index contributed by atoms with van der Waals surface area (Å²) in [5, 5.41) is 10.9. The number of aromatic nitrogens is 3. The maximum Gasteiger partial charge on any atom is 0.181 e. The molecular formula is C18H19ClN4O2.